The maximum Gasteiger partial charge on any atom is 0.273 e. The lowest BCUT2D eigenvalue weighted by atomic mass is 10.0. The molecule has 2 aromatic heterocycles. The number of aryl methyl sites for hydroxylation is 2. The summed E-state index contributed by atoms with van der Waals surface area (Å²) in [6.07, 6.45) is 2.58. The number of benzene rings is 1. The van der Waals surface area contributed by atoms with Gasteiger partial charge in [-0.1, -0.05) is 28.9 Å². The number of rotatable bonds is 8. The fraction of sp³-hybridized carbons (Fsp3) is 0.273. The molecule has 150 valence electrons. The van der Waals surface area contributed by atoms with Gasteiger partial charge in [0.05, 0.1) is 0 Å². The van der Waals surface area contributed by atoms with Gasteiger partial charge in [0.15, 0.2) is 11.5 Å². The minimum atomic E-state index is -0.369. The molecule has 0 aliphatic carbocycles. The quantitative estimate of drug-likeness (QED) is 0.614. The Morgan fingerprint density at radius 1 is 1.03 bits per heavy atom. The van der Waals surface area contributed by atoms with Gasteiger partial charge in [0, 0.05) is 49.5 Å². The smallest absolute Gasteiger partial charge is 0.273 e. The second-order valence-electron chi connectivity index (χ2n) is 6.82. The Kier molecular flexibility index (Phi) is 6.73. The SMILES string of the molecule is Cc1ccc(C)c(-c2cc(C(=O)NCCC(=O)NCCc3ccccn3)no2)c1. The predicted octanol–water partition coefficient (Wildman–Crippen LogP) is 2.83. The van der Waals surface area contributed by atoms with Gasteiger partial charge in [0.2, 0.25) is 5.91 Å². The van der Waals surface area contributed by atoms with Gasteiger partial charge in [0.1, 0.15) is 0 Å². The fourth-order valence-corrected chi connectivity index (χ4v) is 2.85. The van der Waals surface area contributed by atoms with E-state index in [0.717, 1.165) is 22.4 Å². The van der Waals surface area contributed by atoms with E-state index in [4.69, 9.17) is 4.52 Å². The van der Waals surface area contributed by atoms with E-state index >= 15 is 0 Å². The van der Waals surface area contributed by atoms with Crippen LogP contribution in [0.15, 0.2) is 53.2 Å². The van der Waals surface area contributed by atoms with Gasteiger partial charge >= 0.3 is 0 Å². The molecule has 2 heterocycles. The van der Waals surface area contributed by atoms with E-state index in [0.29, 0.717) is 18.7 Å². The van der Waals surface area contributed by atoms with Gasteiger partial charge in [-0.15, -0.1) is 0 Å². The van der Waals surface area contributed by atoms with E-state index in [2.05, 4.69) is 20.8 Å². The summed E-state index contributed by atoms with van der Waals surface area (Å²) >= 11 is 0. The van der Waals surface area contributed by atoms with Gasteiger partial charge in [-0.2, -0.15) is 0 Å². The number of aromatic nitrogens is 2. The molecule has 0 unspecified atom stereocenters. The topological polar surface area (TPSA) is 97.1 Å². The van der Waals surface area contributed by atoms with Gasteiger partial charge in [-0.05, 0) is 37.6 Å². The molecular weight excluding hydrogens is 368 g/mol. The molecule has 7 heteroatoms. The molecule has 29 heavy (non-hydrogen) atoms. The van der Waals surface area contributed by atoms with Crippen molar-refractivity contribution in [2.24, 2.45) is 0 Å². The number of pyridine rings is 1. The number of hydrogen-bond acceptors (Lipinski definition) is 5. The number of hydrogen-bond donors (Lipinski definition) is 2. The number of nitrogens with one attached hydrogen (secondary N) is 2. The van der Waals surface area contributed by atoms with Crippen LogP contribution in [0.2, 0.25) is 0 Å². The first-order chi connectivity index (χ1) is 14.0. The van der Waals surface area contributed by atoms with Gasteiger partial charge in [0.25, 0.3) is 5.91 Å². The predicted molar refractivity (Wildman–Crippen MR) is 109 cm³/mol. The molecule has 2 N–H and O–H groups in total. The number of carbonyl (C=O) groups excluding carboxylic acids is 2. The third-order valence-electron chi connectivity index (χ3n) is 4.47. The summed E-state index contributed by atoms with van der Waals surface area (Å²) in [7, 11) is 0. The molecule has 0 saturated heterocycles. The van der Waals surface area contributed by atoms with Crippen molar-refractivity contribution in [2.75, 3.05) is 13.1 Å². The van der Waals surface area contributed by atoms with Crippen molar-refractivity contribution in [3.8, 4) is 11.3 Å². The van der Waals surface area contributed by atoms with Crippen molar-refractivity contribution in [2.45, 2.75) is 26.7 Å². The summed E-state index contributed by atoms with van der Waals surface area (Å²) in [5.41, 5.74) is 4.16. The number of carbonyl (C=O) groups is 2. The van der Waals surface area contributed by atoms with Crippen LogP contribution in [0.25, 0.3) is 11.3 Å². The molecule has 0 aliphatic heterocycles. The van der Waals surface area contributed by atoms with E-state index in [9.17, 15) is 9.59 Å². The Labute approximate surface area is 169 Å². The van der Waals surface area contributed by atoms with Crippen molar-refractivity contribution < 1.29 is 14.1 Å². The second-order valence-corrected chi connectivity index (χ2v) is 6.82. The maximum atomic E-state index is 12.2. The standard InChI is InChI=1S/C22H24N4O3/c1-15-6-7-16(2)18(13-15)20-14-19(26-29-20)22(28)25-12-9-21(27)24-11-8-17-5-3-4-10-23-17/h3-7,10,13-14H,8-9,11-12H2,1-2H3,(H,24,27)(H,25,28). The zero-order valence-electron chi connectivity index (χ0n) is 16.6. The molecule has 1 aromatic carbocycles. The molecule has 0 saturated carbocycles. The first kappa shape index (κ1) is 20.3. The normalized spacial score (nSPS) is 10.6. The Bertz CT molecular complexity index is 983. The lowest BCUT2D eigenvalue weighted by Gasteiger charge is -2.05. The maximum absolute atomic E-state index is 12.2. The Balaban J connectivity index is 1.43. The highest BCUT2D eigenvalue weighted by atomic mass is 16.5. The Hall–Kier alpha value is -3.48. The molecule has 0 radical (unpaired) electrons. The number of nitrogens with zero attached hydrogens (tertiary/aromatic N) is 2. The van der Waals surface area contributed by atoms with Crippen molar-refractivity contribution in [3.63, 3.8) is 0 Å². The fourth-order valence-electron chi connectivity index (χ4n) is 2.85. The van der Waals surface area contributed by atoms with Crippen molar-refractivity contribution in [1.82, 2.24) is 20.8 Å². The third kappa shape index (κ3) is 5.75. The highest BCUT2D eigenvalue weighted by Crippen LogP contribution is 2.25. The third-order valence-corrected chi connectivity index (χ3v) is 4.47. The van der Waals surface area contributed by atoms with Gasteiger partial charge in [-0.25, -0.2) is 0 Å². The lowest BCUT2D eigenvalue weighted by Crippen LogP contribution is -2.31. The van der Waals surface area contributed by atoms with E-state index in [1.165, 1.54) is 0 Å². The van der Waals surface area contributed by atoms with E-state index in [-0.39, 0.29) is 30.5 Å². The average Bonchev–Trinajstić information content (AvgIpc) is 3.21. The first-order valence-corrected chi connectivity index (χ1v) is 9.52. The second kappa shape index (κ2) is 9.64. The van der Waals surface area contributed by atoms with Crippen LogP contribution in [0, 0.1) is 13.8 Å². The van der Waals surface area contributed by atoms with Crippen LogP contribution < -0.4 is 10.6 Å². The van der Waals surface area contributed by atoms with Crippen LogP contribution in [0.3, 0.4) is 0 Å². The number of amides is 2. The van der Waals surface area contributed by atoms with E-state index in [1.807, 2.05) is 50.2 Å². The largest absolute Gasteiger partial charge is 0.356 e. The van der Waals surface area contributed by atoms with Crippen molar-refractivity contribution in [3.05, 3.63) is 71.2 Å². The van der Waals surface area contributed by atoms with Crippen LogP contribution in [0.1, 0.15) is 33.7 Å². The van der Waals surface area contributed by atoms with Gasteiger partial charge < -0.3 is 15.2 Å². The molecule has 0 atom stereocenters. The van der Waals surface area contributed by atoms with Crippen LogP contribution in [-0.2, 0) is 11.2 Å². The first-order valence-electron chi connectivity index (χ1n) is 9.52. The summed E-state index contributed by atoms with van der Waals surface area (Å²) < 4.78 is 5.33. The Morgan fingerprint density at radius 2 is 1.90 bits per heavy atom. The summed E-state index contributed by atoms with van der Waals surface area (Å²) in [5, 5.41) is 9.36. The molecule has 0 fully saturated rings. The van der Waals surface area contributed by atoms with Crippen molar-refractivity contribution in [1.29, 1.82) is 0 Å². The van der Waals surface area contributed by atoms with Gasteiger partial charge in [-0.3, -0.25) is 14.6 Å². The molecule has 7 nitrogen and oxygen atoms in total. The molecule has 0 aliphatic rings. The minimum absolute atomic E-state index is 0.127. The molecule has 0 bridgehead atoms. The summed E-state index contributed by atoms with van der Waals surface area (Å²) in [6, 6.07) is 13.3. The summed E-state index contributed by atoms with van der Waals surface area (Å²) in [5.74, 6) is 0.0488. The zero-order valence-corrected chi connectivity index (χ0v) is 16.6. The molecule has 2 amide bonds. The zero-order chi connectivity index (χ0) is 20.6. The molecule has 3 rings (SSSR count). The van der Waals surface area contributed by atoms with E-state index < -0.39 is 0 Å². The summed E-state index contributed by atoms with van der Waals surface area (Å²) in [4.78, 5) is 28.3. The lowest BCUT2D eigenvalue weighted by molar-refractivity contribution is -0.120. The highest BCUT2D eigenvalue weighted by Gasteiger charge is 2.15. The minimum Gasteiger partial charge on any atom is -0.356 e. The molecule has 3 aromatic rings. The molecule has 0 spiro atoms. The van der Waals surface area contributed by atoms with Crippen LogP contribution in [-0.4, -0.2) is 35.0 Å². The average molecular weight is 392 g/mol. The highest BCUT2D eigenvalue weighted by molar-refractivity contribution is 5.93. The van der Waals surface area contributed by atoms with Crippen LogP contribution in [0.5, 0.6) is 0 Å². The van der Waals surface area contributed by atoms with E-state index in [1.54, 1.807) is 12.3 Å². The Morgan fingerprint density at radius 3 is 2.69 bits per heavy atom. The monoisotopic (exact) mass is 392 g/mol. The summed E-state index contributed by atoms with van der Waals surface area (Å²) in [6.45, 7) is 4.70. The van der Waals surface area contributed by atoms with Crippen molar-refractivity contribution >= 4 is 11.8 Å². The molecular formula is C22H24N4O3. The van der Waals surface area contributed by atoms with Crippen LogP contribution >= 0.6 is 0 Å². The van der Waals surface area contributed by atoms with Crippen LogP contribution in [0.4, 0.5) is 0 Å².